The molecule has 0 saturated carbocycles. The van der Waals surface area contributed by atoms with Crippen LogP contribution in [0.2, 0.25) is 5.15 Å². The van der Waals surface area contributed by atoms with E-state index in [1.807, 2.05) is 20.8 Å². The Kier molecular flexibility index (Phi) is 5.46. The molecule has 0 aromatic carbocycles. The molecule has 2 heterocycles. The van der Waals surface area contributed by atoms with Gasteiger partial charge in [-0.2, -0.15) is 0 Å². The van der Waals surface area contributed by atoms with Crippen molar-refractivity contribution in [3.63, 3.8) is 0 Å². The summed E-state index contributed by atoms with van der Waals surface area (Å²) in [7, 11) is 0. The molecular formula is C16H22ClN3O3. The molecule has 126 valence electrons. The van der Waals surface area contributed by atoms with Crippen molar-refractivity contribution in [2.75, 3.05) is 13.1 Å². The van der Waals surface area contributed by atoms with Crippen molar-refractivity contribution in [1.29, 1.82) is 0 Å². The Morgan fingerprint density at radius 1 is 1.35 bits per heavy atom. The highest BCUT2D eigenvalue weighted by Crippen LogP contribution is 2.16. The molecule has 0 spiro atoms. The fraction of sp³-hybridized carbons (Fsp3) is 0.562. The van der Waals surface area contributed by atoms with Crippen LogP contribution in [0.25, 0.3) is 0 Å². The standard InChI is InChI=1S/C16H22ClN3O3/c1-16(2,3)23-15(22)19-12-5-8-20(9-6-12)14(21)11-4-7-18-13(17)10-11/h4,7,10,12H,5-6,8-9H2,1-3H3,(H,19,22). The first-order valence-corrected chi connectivity index (χ1v) is 8.03. The van der Waals surface area contributed by atoms with Gasteiger partial charge in [0.15, 0.2) is 0 Å². The first kappa shape index (κ1) is 17.5. The highest BCUT2D eigenvalue weighted by Gasteiger charge is 2.26. The quantitative estimate of drug-likeness (QED) is 0.841. The minimum absolute atomic E-state index is 0.0231. The van der Waals surface area contributed by atoms with E-state index in [9.17, 15) is 9.59 Å². The third kappa shape index (κ3) is 5.39. The Labute approximate surface area is 141 Å². The van der Waals surface area contributed by atoms with Crippen LogP contribution in [-0.2, 0) is 4.74 Å². The molecule has 1 aliphatic rings. The lowest BCUT2D eigenvalue weighted by Crippen LogP contribution is -2.47. The summed E-state index contributed by atoms with van der Waals surface area (Å²) in [4.78, 5) is 29.8. The number of aromatic nitrogens is 1. The molecule has 1 saturated heterocycles. The monoisotopic (exact) mass is 339 g/mol. The van der Waals surface area contributed by atoms with Crippen molar-refractivity contribution in [1.82, 2.24) is 15.2 Å². The lowest BCUT2D eigenvalue weighted by molar-refractivity contribution is 0.0473. The molecule has 23 heavy (non-hydrogen) atoms. The first-order chi connectivity index (χ1) is 10.7. The predicted octanol–water partition coefficient (Wildman–Crippen LogP) is 2.86. The van der Waals surface area contributed by atoms with Gasteiger partial charge in [0.05, 0.1) is 0 Å². The molecule has 2 amide bonds. The fourth-order valence-electron chi connectivity index (χ4n) is 2.42. The van der Waals surface area contributed by atoms with Crippen LogP contribution >= 0.6 is 11.6 Å². The molecule has 1 N–H and O–H groups in total. The van der Waals surface area contributed by atoms with Gasteiger partial charge in [-0.25, -0.2) is 9.78 Å². The van der Waals surface area contributed by atoms with Crippen LogP contribution < -0.4 is 5.32 Å². The molecule has 7 heteroatoms. The van der Waals surface area contributed by atoms with Crippen LogP contribution in [-0.4, -0.2) is 46.6 Å². The Morgan fingerprint density at radius 2 is 2.00 bits per heavy atom. The smallest absolute Gasteiger partial charge is 0.407 e. The largest absolute Gasteiger partial charge is 0.444 e. The average Bonchev–Trinajstić information content (AvgIpc) is 2.45. The summed E-state index contributed by atoms with van der Waals surface area (Å²) in [6, 6.07) is 3.24. The van der Waals surface area contributed by atoms with Gasteiger partial charge in [-0.1, -0.05) is 11.6 Å². The fourth-order valence-corrected chi connectivity index (χ4v) is 2.59. The summed E-state index contributed by atoms with van der Waals surface area (Å²) in [5.74, 6) is -0.0648. The van der Waals surface area contributed by atoms with Gasteiger partial charge in [-0.05, 0) is 45.7 Å². The average molecular weight is 340 g/mol. The number of rotatable bonds is 2. The molecule has 1 aliphatic heterocycles. The number of carbonyl (C=O) groups excluding carboxylic acids is 2. The molecular weight excluding hydrogens is 318 g/mol. The van der Waals surface area contributed by atoms with Gasteiger partial charge in [0, 0.05) is 30.9 Å². The van der Waals surface area contributed by atoms with Crippen LogP contribution in [0.5, 0.6) is 0 Å². The van der Waals surface area contributed by atoms with Crippen LogP contribution in [0.1, 0.15) is 44.0 Å². The number of carbonyl (C=O) groups is 2. The van der Waals surface area contributed by atoms with Crippen molar-refractivity contribution < 1.29 is 14.3 Å². The van der Waals surface area contributed by atoms with Crippen molar-refractivity contribution in [2.24, 2.45) is 0 Å². The second-order valence-electron chi connectivity index (χ2n) is 6.58. The molecule has 6 nitrogen and oxygen atoms in total. The normalized spacial score (nSPS) is 16.1. The van der Waals surface area contributed by atoms with Crippen LogP contribution in [0.3, 0.4) is 0 Å². The Hall–Kier alpha value is -1.82. The molecule has 0 bridgehead atoms. The van der Waals surface area contributed by atoms with Gasteiger partial charge < -0.3 is 15.0 Å². The van der Waals surface area contributed by atoms with Gasteiger partial charge in [-0.15, -0.1) is 0 Å². The minimum atomic E-state index is -0.513. The molecule has 2 rings (SSSR count). The van der Waals surface area contributed by atoms with E-state index in [1.54, 1.807) is 17.0 Å². The van der Waals surface area contributed by atoms with Gasteiger partial charge in [0.2, 0.25) is 0 Å². The zero-order valence-electron chi connectivity index (χ0n) is 13.6. The highest BCUT2D eigenvalue weighted by atomic mass is 35.5. The van der Waals surface area contributed by atoms with Crippen LogP contribution in [0.15, 0.2) is 18.3 Å². The van der Waals surface area contributed by atoms with Gasteiger partial charge in [0.1, 0.15) is 10.8 Å². The first-order valence-electron chi connectivity index (χ1n) is 7.65. The Bertz CT molecular complexity index is 578. The third-order valence-electron chi connectivity index (χ3n) is 3.48. The lowest BCUT2D eigenvalue weighted by Gasteiger charge is -2.33. The van der Waals surface area contributed by atoms with Gasteiger partial charge in [-0.3, -0.25) is 4.79 Å². The highest BCUT2D eigenvalue weighted by molar-refractivity contribution is 6.29. The van der Waals surface area contributed by atoms with E-state index >= 15 is 0 Å². The molecule has 1 fully saturated rings. The van der Waals surface area contributed by atoms with Crippen molar-refractivity contribution in [2.45, 2.75) is 45.3 Å². The maximum atomic E-state index is 12.4. The maximum Gasteiger partial charge on any atom is 0.407 e. The van der Waals surface area contributed by atoms with E-state index in [2.05, 4.69) is 10.3 Å². The summed E-state index contributed by atoms with van der Waals surface area (Å²) >= 11 is 5.82. The third-order valence-corrected chi connectivity index (χ3v) is 3.68. The zero-order chi connectivity index (χ0) is 17.0. The summed E-state index contributed by atoms with van der Waals surface area (Å²) in [6.45, 7) is 6.65. The number of ether oxygens (including phenoxy) is 1. The van der Waals surface area contributed by atoms with E-state index < -0.39 is 11.7 Å². The zero-order valence-corrected chi connectivity index (χ0v) is 14.4. The predicted molar refractivity (Wildman–Crippen MR) is 87.5 cm³/mol. The molecule has 0 atom stereocenters. The number of amides is 2. The molecule has 0 unspecified atom stereocenters. The number of halogens is 1. The summed E-state index contributed by atoms with van der Waals surface area (Å²) < 4.78 is 5.25. The van der Waals surface area contributed by atoms with Crippen molar-refractivity contribution >= 4 is 23.6 Å². The van der Waals surface area contributed by atoms with Crippen LogP contribution in [0.4, 0.5) is 4.79 Å². The number of alkyl carbamates (subject to hydrolysis) is 1. The second-order valence-corrected chi connectivity index (χ2v) is 6.97. The van der Waals surface area contributed by atoms with Crippen molar-refractivity contribution in [3.8, 4) is 0 Å². The molecule has 0 radical (unpaired) electrons. The molecule has 1 aromatic rings. The van der Waals surface area contributed by atoms with E-state index in [-0.39, 0.29) is 11.9 Å². The number of likely N-dealkylation sites (tertiary alicyclic amines) is 1. The number of hydrogen-bond acceptors (Lipinski definition) is 4. The SMILES string of the molecule is CC(C)(C)OC(=O)NC1CCN(C(=O)c2ccnc(Cl)c2)CC1. The maximum absolute atomic E-state index is 12.4. The lowest BCUT2D eigenvalue weighted by atomic mass is 10.0. The van der Waals surface area contributed by atoms with E-state index in [4.69, 9.17) is 16.3 Å². The summed E-state index contributed by atoms with van der Waals surface area (Å²) in [6.07, 6.45) is 2.50. The summed E-state index contributed by atoms with van der Waals surface area (Å²) in [5.41, 5.74) is 0.0185. The van der Waals surface area contributed by atoms with Gasteiger partial charge >= 0.3 is 6.09 Å². The number of piperidine rings is 1. The van der Waals surface area contributed by atoms with E-state index in [1.165, 1.54) is 6.20 Å². The molecule has 0 aliphatic carbocycles. The number of hydrogen-bond donors (Lipinski definition) is 1. The second kappa shape index (κ2) is 7.17. The van der Waals surface area contributed by atoms with Gasteiger partial charge in [0.25, 0.3) is 5.91 Å². The Balaban J connectivity index is 1.84. The summed E-state index contributed by atoms with van der Waals surface area (Å²) in [5, 5.41) is 3.16. The van der Waals surface area contributed by atoms with Crippen LogP contribution in [0, 0.1) is 0 Å². The van der Waals surface area contributed by atoms with E-state index in [0.717, 1.165) is 0 Å². The van der Waals surface area contributed by atoms with E-state index in [0.29, 0.717) is 36.6 Å². The number of nitrogens with zero attached hydrogens (tertiary/aromatic N) is 2. The van der Waals surface area contributed by atoms with Crippen molar-refractivity contribution in [3.05, 3.63) is 29.0 Å². The molecule has 1 aromatic heterocycles. The topological polar surface area (TPSA) is 71.5 Å². The Morgan fingerprint density at radius 3 is 2.57 bits per heavy atom. The minimum Gasteiger partial charge on any atom is -0.444 e. The number of pyridine rings is 1. The number of nitrogens with one attached hydrogen (secondary N) is 1.